The van der Waals surface area contributed by atoms with Crippen molar-refractivity contribution < 1.29 is 0 Å². The molecule has 0 unspecified atom stereocenters. The van der Waals surface area contributed by atoms with E-state index in [1.54, 1.807) is 0 Å². The third-order valence-electron chi connectivity index (χ3n) is 4.46. The smallest absolute Gasteiger partial charge is 0.124 e. The van der Waals surface area contributed by atoms with Crippen LogP contribution < -0.4 is 15.5 Å². The molecule has 0 atom stereocenters. The number of nitrogens with two attached hydrogens (primary N) is 1. The Morgan fingerprint density at radius 3 is 2.17 bits per heavy atom. The number of nitrogen functional groups attached to an aromatic ring is 1. The number of piperazine rings is 1. The summed E-state index contributed by atoms with van der Waals surface area (Å²) in [6.07, 6.45) is 0. The van der Waals surface area contributed by atoms with Crippen molar-refractivity contribution in [3.05, 3.63) is 60.7 Å². The molecule has 23 heavy (non-hydrogen) atoms. The van der Waals surface area contributed by atoms with E-state index in [1.165, 1.54) is 11.4 Å². The van der Waals surface area contributed by atoms with Crippen LogP contribution >= 0.6 is 0 Å². The number of nitrogens with zero attached hydrogens (tertiary/aromatic N) is 3. The molecule has 2 N–H and O–H groups in total. The molecule has 2 aromatic carbocycles. The minimum absolute atomic E-state index is 0.571. The average Bonchev–Trinajstić information content (AvgIpc) is 2.62. The molecule has 1 saturated heterocycles. The highest BCUT2D eigenvalue weighted by atomic mass is 15.3. The van der Waals surface area contributed by atoms with Gasteiger partial charge in [0.1, 0.15) is 5.82 Å². The first-order valence-electron chi connectivity index (χ1n) is 8.01. The van der Waals surface area contributed by atoms with Gasteiger partial charge in [-0.05, 0) is 42.5 Å². The predicted molar refractivity (Wildman–Crippen MR) is 97.0 cm³/mol. The van der Waals surface area contributed by atoms with E-state index in [2.05, 4.69) is 63.3 Å². The van der Waals surface area contributed by atoms with Crippen molar-refractivity contribution in [2.75, 3.05) is 41.7 Å². The van der Waals surface area contributed by atoms with Gasteiger partial charge < -0.3 is 15.5 Å². The third-order valence-corrected chi connectivity index (χ3v) is 4.46. The topological polar surface area (TPSA) is 45.4 Å². The van der Waals surface area contributed by atoms with Crippen LogP contribution in [-0.2, 0) is 0 Å². The minimum Gasteiger partial charge on any atom is -0.384 e. The summed E-state index contributed by atoms with van der Waals surface area (Å²) in [5.74, 6) is 0.571. The molecule has 4 rings (SSSR count). The molecule has 1 aromatic heterocycles. The minimum atomic E-state index is 0.571. The summed E-state index contributed by atoms with van der Waals surface area (Å²) in [5, 5.41) is 1.14. The molecular formula is C19H20N4. The highest BCUT2D eigenvalue weighted by Crippen LogP contribution is 2.24. The summed E-state index contributed by atoms with van der Waals surface area (Å²) in [6, 6.07) is 20.9. The molecule has 4 nitrogen and oxygen atoms in total. The number of pyridine rings is 1. The Morgan fingerprint density at radius 2 is 1.43 bits per heavy atom. The van der Waals surface area contributed by atoms with E-state index in [1.807, 2.05) is 12.1 Å². The van der Waals surface area contributed by atoms with Crippen molar-refractivity contribution in [1.82, 2.24) is 4.98 Å². The molecule has 116 valence electrons. The molecule has 0 aliphatic carbocycles. The van der Waals surface area contributed by atoms with E-state index in [4.69, 9.17) is 5.73 Å². The molecule has 0 amide bonds. The van der Waals surface area contributed by atoms with Crippen molar-refractivity contribution in [2.24, 2.45) is 0 Å². The molecule has 0 spiro atoms. The molecule has 2 heterocycles. The highest BCUT2D eigenvalue weighted by molar-refractivity contribution is 5.83. The summed E-state index contributed by atoms with van der Waals surface area (Å²) < 4.78 is 0. The highest BCUT2D eigenvalue weighted by Gasteiger charge is 2.17. The Labute approximate surface area is 136 Å². The molecule has 4 heteroatoms. The van der Waals surface area contributed by atoms with Gasteiger partial charge in [-0.25, -0.2) is 4.98 Å². The first-order valence-corrected chi connectivity index (χ1v) is 8.01. The van der Waals surface area contributed by atoms with Crippen molar-refractivity contribution >= 4 is 28.1 Å². The van der Waals surface area contributed by atoms with Gasteiger partial charge in [0.05, 0.1) is 5.52 Å². The first kappa shape index (κ1) is 13.9. The fraction of sp³-hybridized carbons (Fsp3) is 0.211. The van der Waals surface area contributed by atoms with Gasteiger partial charge in [-0.15, -0.1) is 0 Å². The average molecular weight is 304 g/mol. The van der Waals surface area contributed by atoms with Crippen LogP contribution in [0.3, 0.4) is 0 Å². The number of fused-ring (bicyclic) bond motifs is 1. The Kier molecular flexibility index (Phi) is 3.50. The monoisotopic (exact) mass is 304 g/mol. The Hall–Kier alpha value is -2.75. The lowest BCUT2D eigenvalue weighted by atomic mass is 10.1. The largest absolute Gasteiger partial charge is 0.384 e. The SMILES string of the molecule is Nc1ccc2cc(N3CCN(c4ccccc4)CC3)ccc2n1. The van der Waals surface area contributed by atoms with E-state index in [9.17, 15) is 0 Å². The fourth-order valence-corrected chi connectivity index (χ4v) is 3.19. The van der Waals surface area contributed by atoms with Crippen molar-refractivity contribution in [1.29, 1.82) is 0 Å². The van der Waals surface area contributed by atoms with Gasteiger partial charge in [-0.1, -0.05) is 18.2 Å². The Bertz CT molecular complexity index is 808. The van der Waals surface area contributed by atoms with Gasteiger partial charge >= 0.3 is 0 Å². The number of hydrogen-bond acceptors (Lipinski definition) is 4. The normalized spacial score (nSPS) is 15.1. The molecule has 0 radical (unpaired) electrons. The zero-order valence-corrected chi connectivity index (χ0v) is 13.0. The van der Waals surface area contributed by atoms with Crippen molar-refractivity contribution in [3.8, 4) is 0 Å². The lowest BCUT2D eigenvalue weighted by Crippen LogP contribution is -2.46. The molecule has 1 fully saturated rings. The van der Waals surface area contributed by atoms with Crippen LogP contribution in [-0.4, -0.2) is 31.2 Å². The van der Waals surface area contributed by atoms with E-state index in [-0.39, 0.29) is 0 Å². The maximum Gasteiger partial charge on any atom is 0.124 e. The fourth-order valence-electron chi connectivity index (χ4n) is 3.19. The third kappa shape index (κ3) is 2.80. The number of anilines is 3. The second kappa shape index (κ2) is 5.80. The summed E-state index contributed by atoms with van der Waals surface area (Å²) in [4.78, 5) is 9.25. The van der Waals surface area contributed by atoms with E-state index in [0.717, 1.165) is 37.1 Å². The van der Waals surface area contributed by atoms with E-state index < -0.39 is 0 Å². The van der Waals surface area contributed by atoms with Crippen LogP contribution in [0.1, 0.15) is 0 Å². The number of rotatable bonds is 2. The molecule has 3 aromatic rings. The quantitative estimate of drug-likeness (QED) is 0.790. The standard InChI is InChI=1S/C19H20N4/c20-19-9-6-15-14-17(7-8-18(15)21-19)23-12-10-22(11-13-23)16-4-2-1-3-5-16/h1-9,14H,10-13H2,(H2,20,21). The summed E-state index contributed by atoms with van der Waals surface area (Å²) >= 11 is 0. The number of aromatic nitrogens is 1. The maximum absolute atomic E-state index is 5.75. The molecule has 1 aliphatic rings. The molecule has 0 bridgehead atoms. The van der Waals surface area contributed by atoms with Crippen molar-refractivity contribution in [3.63, 3.8) is 0 Å². The second-order valence-corrected chi connectivity index (χ2v) is 5.92. The predicted octanol–water partition coefficient (Wildman–Crippen LogP) is 3.14. The summed E-state index contributed by atoms with van der Waals surface area (Å²) in [7, 11) is 0. The van der Waals surface area contributed by atoms with E-state index in [0.29, 0.717) is 5.82 Å². The zero-order valence-electron chi connectivity index (χ0n) is 13.0. The number of hydrogen-bond donors (Lipinski definition) is 1. The molecule has 0 saturated carbocycles. The van der Waals surface area contributed by atoms with Gasteiger partial charge in [0, 0.05) is 42.9 Å². The Morgan fingerprint density at radius 1 is 0.739 bits per heavy atom. The molecule has 1 aliphatic heterocycles. The second-order valence-electron chi connectivity index (χ2n) is 5.92. The lowest BCUT2D eigenvalue weighted by Gasteiger charge is -2.37. The number of benzene rings is 2. The summed E-state index contributed by atoms with van der Waals surface area (Å²) in [5.41, 5.74) is 9.27. The molecular weight excluding hydrogens is 284 g/mol. The van der Waals surface area contributed by atoms with Crippen LogP contribution in [0.25, 0.3) is 10.9 Å². The zero-order chi connectivity index (χ0) is 15.6. The van der Waals surface area contributed by atoms with Gasteiger partial charge in [0.25, 0.3) is 0 Å². The van der Waals surface area contributed by atoms with Crippen LogP contribution in [0.15, 0.2) is 60.7 Å². The van der Waals surface area contributed by atoms with Gasteiger partial charge in [0.15, 0.2) is 0 Å². The van der Waals surface area contributed by atoms with E-state index >= 15 is 0 Å². The van der Waals surface area contributed by atoms with Crippen LogP contribution in [0, 0.1) is 0 Å². The first-order chi connectivity index (χ1) is 11.3. The van der Waals surface area contributed by atoms with Crippen LogP contribution in [0.2, 0.25) is 0 Å². The van der Waals surface area contributed by atoms with Crippen molar-refractivity contribution in [2.45, 2.75) is 0 Å². The van der Waals surface area contributed by atoms with Gasteiger partial charge in [-0.2, -0.15) is 0 Å². The maximum atomic E-state index is 5.75. The van der Waals surface area contributed by atoms with Gasteiger partial charge in [0.2, 0.25) is 0 Å². The van der Waals surface area contributed by atoms with Gasteiger partial charge in [-0.3, -0.25) is 0 Å². The Balaban J connectivity index is 1.51. The lowest BCUT2D eigenvalue weighted by molar-refractivity contribution is 0.654. The number of para-hydroxylation sites is 1. The summed E-state index contributed by atoms with van der Waals surface area (Å²) in [6.45, 7) is 4.15. The van der Waals surface area contributed by atoms with Crippen LogP contribution in [0.4, 0.5) is 17.2 Å². The van der Waals surface area contributed by atoms with Crippen LogP contribution in [0.5, 0.6) is 0 Å².